The highest BCUT2D eigenvalue weighted by molar-refractivity contribution is 5.59. The summed E-state index contributed by atoms with van der Waals surface area (Å²) in [4.78, 5) is 19.8. The molecule has 1 atom stereocenters. The van der Waals surface area contributed by atoms with E-state index in [9.17, 15) is 15.2 Å². The van der Waals surface area contributed by atoms with E-state index in [1.165, 1.54) is 0 Å². The Morgan fingerprint density at radius 1 is 1.70 bits per heavy atom. The molecule has 0 aliphatic carbocycles. The summed E-state index contributed by atoms with van der Waals surface area (Å²) in [6.45, 7) is 4.22. The Morgan fingerprint density at radius 2 is 2.40 bits per heavy atom. The van der Waals surface area contributed by atoms with Crippen LogP contribution in [0.2, 0.25) is 0 Å². The molecule has 0 radical (unpaired) electrons. The van der Waals surface area contributed by atoms with E-state index >= 15 is 0 Å². The number of nitrogens with two attached hydrogens (primary N) is 1. The summed E-state index contributed by atoms with van der Waals surface area (Å²) in [6, 6.07) is 0. The molecule has 2 heterocycles. The Bertz CT molecular complexity index is 522. The Kier molecular flexibility index (Phi) is 3.73. The normalized spacial score (nSPS) is 21.8. The quantitative estimate of drug-likeness (QED) is 0.583. The van der Waals surface area contributed by atoms with E-state index in [0.29, 0.717) is 13.1 Å². The summed E-state index contributed by atoms with van der Waals surface area (Å²) in [7, 11) is 0. The van der Waals surface area contributed by atoms with Crippen molar-refractivity contribution >= 4 is 17.5 Å². The van der Waals surface area contributed by atoms with Crippen LogP contribution >= 0.6 is 0 Å². The van der Waals surface area contributed by atoms with Crippen molar-refractivity contribution in [2.24, 2.45) is 0 Å². The topological polar surface area (TPSA) is 128 Å². The van der Waals surface area contributed by atoms with Gasteiger partial charge < -0.3 is 20.5 Å². The fourth-order valence-electron chi connectivity index (χ4n) is 2.29. The highest BCUT2D eigenvalue weighted by atomic mass is 16.6. The molecule has 3 N–H and O–H groups in total. The van der Waals surface area contributed by atoms with Crippen LogP contribution in [-0.2, 0) is 4.74 Å². The van der Waals surface area contributed by atoms with Crippen molar-refractivity contribution in [3.63, 3.8) is 0 Å². The van der Waals surface area contributed by atoms with E-state index in [1.54, 1.807) is 4.90 Å². The first-order valence-electron chi connectivity index (χ1n) is 6.13. The van der Waals surface area contributed by atoms with Crippen LogP contribution in [0, 0.1) is 10.1 Å². The second kappa shape index (κ2) is 5.17. The number of hydrogen-bond acceptors (Lipinski definition) is 8. The molecule has 0 bridgehead atoms. The zero-order valence-corrected chi connectivity index (χ0v) is 11.3. The van der Waals surface area contributed by atoms with Crippen molar-refractivity contribution < 1.29 is 14.8 Å². The Balaban J connectivity index is 2.39. The maximum Gasteiger partial charge on any atom is 0.329 e. The zero-order chi connectivity index (χ0) is 14.9. The van der Waals surface area contributed by atoms with E-state index in [2.05, 4.69) is 9.97 Å². The van der Waals surface area contributed by atoms with Gasteiger partial charge in [-0.3, -0.25) is 10.1 Å². The first kappa shape index (κ1) is 14.4. The van der Waals surface area contributed by atoms with E-state index in [1.807, 2.05) is 13.8 Å². The van der Waals surface area contributed by atoms with E-state index in [4.69, 9.17) is 10.5 Å². The van der Waals surface area contributed by atoms with Gasteiger partial charge in [-0.25, -0.2) is 4.98 Å². The first-order valence-corrected chi connectivity index (χ1v) is 6.13. The van der Waals surface area contributed by atoms with Gasteiger partial charge in [0.2, 0.25) is 11.8 Å². The third kappa shape index (κ3) is 2.94. The number of ether oxygens (including phenoxy) is 1. The number of rotatable bonds is 3. The number of aliphatic hydroxyl groups excluding tert-OH is 1. The smallest absolute Gasteiger partial charge is 0.329 e. The number of hydrogen-bond donors (Lipinski definition) is 2. The average Bonchev–Trinajstić information content (AvgIpc) is 2.36. The lowest BCUT2D eigenvalue weighted by molar-refractivity contribution is -0.384. The van der Waals surface area contributed by atoms with Gasteiger partial charge in [-0.2, -0.15) is 4.98 Å². The monoisotopic (exact) mass is 283 g/mol. The molecule has 0 aromatic carbocycles. The largest absolute Gasteiger partial charge is 0.394 e. The van der Waals surface area contributed by atoms with Crippen molar-refractivity contribution in [1.82, 2.24) is 9.97 Å². The van der Waals surface area contributed by atoms with E-state index < -0.39 is 16.6 Å². The summed E-state index contributed by atoms with van der Waals surface area (Å²) in [5.74, 6) is 0.118. The number of morpholine rings is 1. The maximum atomic E-state index is 11.1. The highest BCUT2D eigenvalue weighted by Crippen LogP contribution is 2.30. The Labute approximate surface area is 115 Å². The minimum atomic E-state index is -0.556. The molecule has 1 saturated heterocycles. The van der Waals surface area contributed by atoms with Gasteiger partial charge in [0, 0.05) is 13.1 Å². The van der Waals surface area contributed by atoms with Gasteiger partial charge in [0.1, 0.15) is 6.20 Å². The summed E-state index contributed by atoms with van der Waals surface area (Å²) >= 11 is 0. The summed E-state index contributed by atoms with van der Waals surface area (Å²) in [5, 5.41) is 20.3. The number of nitro groups is 1. The van der Waals surface area contributed by atoms with Crippen LogP contribution in [0.5, 0.6) is 0 Å². The third-order valence-electron chi connectivity index (χ3n) is 2.95. The lowest BCUT2D eigenvalue weighted by atomic mass is 10.1. The van der Waals surface area contributed by atoms with Crippen LogP contribution < -0.4 is 10.6 Å². The molecule has 9 heteroatoms. The van der Waals surface area contributed by atoms with Gasteiger partial charge in [0.25, 0.3) is 0 Å². The molecular weight excluding hydrogens is 266 g/mol. The fourth-order valence-corrected chi connectivity index (χ4v) is 2.29. The molecule has 0 saturated carbocycles. The molecular formula is C11H17N5O4. The standard InChI is InChI=1S/C11H17N5O4/c1-11(2)6-15(4-7(5-17)20-11)9-8(16(18)19)3-13-10(12)14-9/h3,7,17H,4-6H2,1-2H3,(H2,12,13,14). The minimum Gasteiger partial charge on any atom is -0.394 e. The average molecular weight is 283 g/mol. The second-order valence-electron chi connectivity index (χ2n) is 5.26. The van der Waals surface area contributed by atoms with Gasteiger partial charge in [-0.15, -0.1) is 0 Å². The van der Waals surface area contributed by atoms with Gasteiger partial charge in [-0.1, -0.05) is 0 Å². The van der Waals surface area contributed by atoms with Gasteiger partial charge >= 0.3 is 5.69 Å². The molecule has 2 rings (SSSR count). The van der Waals surface area contributed by atoms with Crippen LogP contribution in [0.15, 0.2) is 6.20 Å². The maximum absolute atomic E-state index is 11.1. The SMILES string of the molecule is CC1(C)CN(c2nc(N)ncc2[N+](=O)[O-])CC(CO)O1. The predicted octanol–water partition coefficient (Wildman–Crippen LogP) is -0.0569. The molecule has 1 aliphatic heterocycles. The van der Waals surface area contributed by atoms with E-state index in [0.717, 1.165) is 6.20 Å². The zero-order valence-electron chi connectivity index (χ0n) is 11.3. The number of aliphatic hydroxyl groups is 1. The highest BCUT2D eigenvalue weighted by Gasteiger charge is 2.36. The van der Waals surface area contributed by atoms with Crippen molar-refractivity contribution in [2.45, 2.75) is 25.6 Å². The molecule has 110 valence electrons. The lowest BCUT2D eigenvalue weighted by Gasteiger charge is -2.42. The molecule has 20 heavy (non-hydrogen) atoms. The summed E-state index contributed by atoms with van der Waals surface area (Å²) in [6.07, 6.45) is 0.656. The van der Waals surface area contributed by atoms with Crippen molar-refractivity contribution in [3.8, 4) is 0 Å². The van der Waals surface area contributed by atoms with Crippen LogP contribution in [-0.4, -0.2) is 51.4 Å². The molecule has 9 nitrogen and oxygen atoms in total. The first-order chi connectivity index (χ1) is 9.32. The molecule has 1 unspecified atom stereocenters. The Morgan fingerprint density at radius 3 is 3.00 bits per heavy atom. The minimum absolute atomic E-state index is 0.0320. The second-order valence-corrected chi connectivity index (χ2v) is 5.26. The summed E-state index contributed by atoms with van der Waals surface area (Å²) in [5.41, 5.74) is 4.75. The number of aromatic nitrogens is 2. The fraction of sp³-hybridized carbons (Fsp3) is 0.636. The van der Waals surface area contributed by atoms with Crippen molar-refractivity contribution in [2.75, 3.05) is 30.3 Å². The molecule has 0 spiro atoms. The molecule has 1 aromatic heterocycles. The lowest BCUT2D eigenvalue weighted by Crippen LogP contribution is -2.54. The summed E-state index contributed by atoms with van der Waals surface area (Å²) < 4.78 is 5.67. The van der Waals surface area contributed by atoms with Crippen LogP contribution in [0.3, 0.4) is 0 Å². The number of anilines is 2. The van der Waals surface area contributed by atoms with E-state index in [-0.39, 0.29) is 24.1 Å². The van der Waals surface area contributed by atoms with Crippen LogP contribution in [0.25, 0.3) is 0 Å². The Hall–Kier alpha value is -2.00. The number of nitrogen functional groups attached to an aromatic ring is 1. The van der Waals surface area contributed by atoms with Gasteiger partial charge in [0.05, 0.1) is 23.2 Å². The van der Waals surface area contributed by atoms with Crippen molar-refractivity contribution in [3.05, 3.63) is 16.3 Å². The predicted molar refractivity (Wildman–Crippen MR) is 71.3 cm³/mol. The van der Waals surface area contributed by atoms with Crippen LogP contribution in [0.4, 0.5) is 17.5 Å². The van der Waals surface area contributed by atoms with Gasteiger partial charge in [0.15, 0.2) is 0 Å². The molecule has 1 aromatic rings. The molecule has 1 aliphatic rings. The molecule has 0 amide bonds. The van der Waals surface area contributed by atoms with Crippen LogP contribution in [0.1, 0.15) is 13.8 Å². The molecule has 1 fully saturated rings. The third-order valence-corrected chi connectivity index (χ3v) is 2.95. The number of nitrogens with zero attached hydrogens (tertiary/aromatic N) is 4. The van der Waals surface area contributed by atoms with Crippen molar-refractivity contribution in [1.29, 1.82) is 0 Å². The van der Waals surface area contributed by atoms with Gasteiger partial charge in [-0.05, 0) is 13.8 Å².